The first-order chi connectivity index (χ1) is 7.07. The average Bonchev–Trinajstić information content (AvgIpc) is 2.21. The molecule has 0 spiro atoms. The minimum atomic E-state index is -0.850. The van der Waals surface area contributed by atoms with E-state index in [-0.39, 0.29) is 0 Å². The van der Waals surface area contributed by atoms with Crippen LogP contribution in [-0.4, -0.2) is 31.6 Å². The molecule has 0 saturated heterocycles. The maximum absolute atomic E-state index is 10.9. The Labute approximate surface area is 89.5 Å². The summed E-state index contributed by atoms with van der Waals surface area (Å²) in [5, 5.41) is 2.37. The average molecular weight is 217 g/mol. The molecule has 0 fully saturated rings. The fourth-order valence-electron chi connectivity index (χ4n) is 0.804. The second kappa shape index (κ2) is 8.19. The second-order valence-corrected chi connectivity index (χ2v) is 3.52. The molecule has 0 rings (SSSR count). The van der Waals surface area contributed by atoms with E-state index in [0.717, 1.165) is 6.42 Å². The largest absolute Gasteiger partial charge is 0.380 e. The van der Waals surface area contributed by atoms with Gasteiger partial charge in [-0.3, -0.25) is 15.0 Å². The Morgan fingerprint density at radius 1 is 1.27 bits per heavy atom. The Hall–Kier alpha value is -1.14. The van der Waals surface area contributed by atoms with E-state index >= 15 is 0 Å². The van der Waals surface area contributed by atoms with Crippen LogP contribution < -0.4 is 16.6 Å². The van der Waals surface area contributed by atoms with Crippen molar-refractivity contribution in [3.05, 3.63) is 0 Å². The van der Waals surface area contributed by atoms with Crippen LogP contribution in [0, 0.1) is 5.92 Å². The first kappa shape index (κ1) is 13.9. The van der Waals surface area contributed by atoms with Crippen LogP contribution >= 0.6 is 0 Å². The van der Waals surface area contributed by atoms with Crippen LogP contribution in [0.2, 0.25) is 0 Å². The van der Waals surface area contributed by atoms with Gasteiger partial charge in [-0.05, 0) is 12.3 Å². The summed E-state index contributed by atoms with van der Waals surface area (Å²) >= 11 is 0. The van der Waals surface area contributed by atoms with E-state index in [2.05, 4.69) is 19.2 Å². The minimum Gasteiger partial charge on any atom is -0.380 e. The smallest absolute Gasteiger partial charge is 0.323 e. The number of hydrazine groups is 1. The molecule has 88 valence electrons. The van der Waals surface area contributed by atoms with Crippen LogP contribution in [0.15, 0.2) is 0 Å². The first-order valence-corrected chi connectivity index (χ1v) is 4.94. The summed E-state index contributed by atoms with van der Waals surface area (Å²) in [6, 6.07) is 0. The Morgan fingerprint density at radius 3 is 2.47 bits per heavy atom. The molecule has 0 atom stereocenters. The highest BCUT2D eigenvalue weighted by Gasteiger charge is 2.09. The van der Waals surface area contributed by atoms with Crippen molar-refractivity contribution in [3.63, 3.8) is 0 Å². The molecule has 0 unspecified atom stereocenters. The molecule has 0 radical (unpaired) electrons. The van der Waals surface area contributed by atoms with Gasteiger partial charge in [0.25, 0.3) is 0 Å². The number of carbonyl (C=O) groups is 2. The predicted octanol–water partition coefficient (Wildman–Crippen LogP) is -0.845. The number of rotatable bonds is 6. The Balaban J connectivity index is 3.31. The van der Waals surface area contributed by atoms with Crippen molar-refractivity contribution in [1.82, 2.24) is 10.7 Å². The lowest BCUT2D eigenvalue weighted by atomic mass is 10.1. The van der Waals surface area contributed by atoms with Gasteiger partial charge in [-0.15, -0.1) is 0 Å². The van der Waals surface area contributed by atoms with Crippen LogP contribution in [0.1, 0.15) is 20.3 Å². The van der Waals surface area contributed by atoms with Crippen molar-refractivity contribution in [2.24, 2.45) is 11.8 Å². The molecule has 0 aromatic carbocycles. The molecule has 0 aromatic heterocycles. The van der Waals surface area contributed by atoms with E-state index in [1.54, 1.807) is 5.43 Å². The van der Waals surface area contributed by atoms with E-state index < -0.39 is 11.8 Å². The van der Waals surface area contributed by atoms with Gasteiger partial charge in [0.2, 0.25) is 0 Å². The zero-order chi connectivity index (χ0) is 11.7. The molecule has 0 bridgehead atoms. The van der Waals surface area contributed by atoms with Gasteiger partial charge in [0, 0.05) is 13.2 Å². The lowest BCUT2D eigenvalue weighted by Gasteiger charge is -2.07. The van der Waals surface area contributed by atoms with Crippen molar-refractivity contribution in [2.45, 2.75) is 20.3 Å². The fraction of sp³-hybridized carbons (Fsp3) is 0.778. The van der Waals surface area contributed by atoms with Gasteiger partial charge in [-0.2, -0.15) is 0 Å². The summed E-state index contributed by atoms with van der Waals surface area (Å²) in [4.78, 5) is 21.5. The lowest BCUT2D eigenvalue weighted by molar-refractivity contribution is -0.139. The molecule has 0 aromatic rings. The lowest BCUT2D eigenvalue weighted by Crippen LogP contribution is -2.44. The summed E-state index contributed by atoms with van der Waals surface area (Å²) in [6.45, 7) is 5.59. The van der Waals surface area contributed by atoms with Gasteiger partial charge in [-0.25, -0.2) is 5.84 Å². The van der Waals surface area contributed by atoms with Crippen molar-refractivity contribution >= 4 is 11.8 Å². The van der Waals surface area contributed by atoms with E-state index in [4.69, 9.17) is 10.6 Å². The van der Waals surface area contributed by atoms with Gasteiger partial charge < -0.3 is 10.1 Å². The zero-order valence-corrected chi connectivity index (χ0v) is 9.21. The maximum atomic E-state index is 10.9. The number of amides is 2. The maximum Gasteiger partial charge on any atom is 0.323 e. The normalized spacial score (nSPS) is 10.1. The van der Waals surface area contributed by atoms with E-state index in [1.165, 1.54) is 0 Å². The second-order valence-electron chi connectivity index (χ2n) is 3.52. The molecule has 6 nitrogen and oxygen atoms in total. The van der Waals surface area contributed by atoms with E-state index in [1.807, 2.05) is 0 Å². The number of carbonyl (C=O) groups excluding carboxylic acids is 2. The summed E-state index contributed by atoms with van der Waals surface area (Å²) in [5.41, 5.74) is 1.74. The van der Waals surface area contributed by atoms with Crippen molar-refractivity contribution < 1.29 is 14.3 Å². The molecule has 0 saturated carbocycles. The van der Waals surface area contributed by atoms with Crippen LogP contribution in [0.25, 0.3) is 0 Å². The van der Waals surface area contributed by atoms with E-state index in [9.17, 15) is 9.59 Å². The number of hydrogen-bond acceptors (Lipinski definition) is 4. The van der Waals surface area contributed by atoms with Crippen LogP contribution in [0.3, 0.4) is 0 Å². The molecule has 2 amide bonds. The summed E-state index contributed by atoms with van der Waals surface area (Å²) in [6.07, 6.45) is 0.983. The third-order valence-electron chi connectivity index (χ3n) is 1.71. The summed E-state index contributed by atoms with van der Waals surface area (Å²) in [7, 11) is 0. The monoisotopic (exact) mass is 217 g/mol. The van der Waals surface area contributed by atoms with Crippen molar-refractivity contribution in [2.75, 3.05) is 19.8 Å². The standard InChI is InChI=1S/C9H19N3O3/c1-7(2)3-5-15-6-4-11-8(13)9(14)12-10/h7H,3-6,10H2,1-2H3,(H,11,13)(H,12,14). The quantitative estimate of drug-likeness (QED) is 0.178. The Bertz CT molecular complexity index is 207. The predicted molar refractivity (Wildman–Crippen MR) is 55.6 cm³/mol. The SMILES string of the molecule is CC(C)CCOCCNC(=O)C(=O)NN. The van der Waals surface area contributed by atoms with Gasteiger partial charge in [-0.1, -0.05) is 13.8 Å². The van der Waals surface area contributed by atoms with Gasteiger partial charge in [0.15, 0.2) is 0 Å². The highest BCUT2D eigenvalue weighted by molar-refractivity contribution is 6.34. The molecule has 0 aliphatic carbocycles. The summed E-state index contributed by atoms with van der Waals surface area (Å²) < 4.78 is 5.23. The van der Waals surface area contributed by atoms with E-state index in [0.29, 0.717) is 25.7 Å². The van der Waals surface area contributed by atoms with Gasteiger partial charge in [0.1, 0.15) is 0 Å². The minimum absolute atomic E-state index is 0.310. The molecule has 15 heavy (non-hydrogen) atoms. The topological polar surface area (TPSA) is 93.4 Å². The molecule has 0 aliphatic heterocycles. The molecule has 0 aliphatic rings. The molecular formula is C9H19N3O3. The highest BCUT2D eigenvalue weighted by Crippen LogP contribution is 1.97. The summed E-state index contributed by atoms with van der Waals surface area (Å²) in [5.74, 6) is 3.77. The molecular weight excluding hydrogens is 198 g/mol. The number of nitrogens with two attached hydrogens (primary N) is 1. The number of hydrogen-bond donors (Lipinski definition) is 3. The van der Waals surface area contributed by atoms with Gasteiger partial charge in [0.05, 0.1) is 6.61 Å². The molecule has 4 N–H and O–H groups in total. The number of nitrogens with one attached hydrogen (secondary N) is 2. The fourth-order valence-corrected chi connectivity index (χ4v) is 0.804. The van der Waals surface area contributed by atoms with Crippen LogP contribution in [0.5, 0.6) is 0 Å². The van der Waals surface area contributed by atoms with Crippen molar-refractivity contribution in [1.29, 1.82) is 0 Å². The highest BCUT2D eigenvalue weighted by atomic mass is 16.5. The molecule has 6 heteroatoms. The van der Waals surface area contributed by atoms with Crippen molar-refractivity contribution in [3.8, 4) is 0 Å². The zero-order valence-electron chi connectivity index (χ0n) is 9.21. The van der Waals surface area contributed by atoms with Gasteiger partial charge >= 0.3 is 11.8 Å². The number of ether oxygens (including phenoxy) is 1. The third kappa shape index (κ3) is 7.90. The molecule has 0 heterocycles. The van der Waals surface area contributed by atoms with Crippen LogP contribution in [-0.2, 0) is 14.3 Å². The Morgan fingerprint density at radius 2 is 1.93 bits per heavy atom. The van der Waals surface area contributed by atoms with Crippen LogP contribution in [0.4, 0.5) is 0 Å². The first-order valence-electron chi connectivity index (χ1n) is 4.94. The third-order valence-corrected chi connectivity index (χ3v) is 1.71. The Kier molecular flexibility index (Phi) is 7.57.